The van der Waals surface area contributed by atoms with Gasteiger partial charge in [-0.2, -0.15) is 0 Å². The fourth-order valence-corrected chi connectivity index (χ4v) is 3.54. The summed E-state index contributed by atoms with van der Waals surface area (Å²) in [7, 11) is 1.58. The Morgan fingerprint density at radius 2 is 1.94 bits per heavy atom. The topological polar surface area (TPSA) is 59.2 Å². The minimum absolute atomic E-state index is 0.0248. The van der Waals surface area contributed by atoms with E-state index < -0.39 is 5.82 Å². The number of hydrogen-bond donors (Lipinski definition) is 2. The van der Waals surface area contributed by atoms with E-state index in [2.05, 4.69) is 15.3 Å². The number of nitrogens with one attached hydrogen (secondary N) is 2. The molecule has 0 aliphatic carbocycles. The van der Waals surface area contributed by atoms with Crippen molar-refractivity contribution in [3.8, 4) is 11.5 Å². The molecule has 1 aromatic heterocycles. The normalized spacial score (nSPS) is 11.1. The summed E-state index contributed by atoms with van der Waals surface area (Å²) in [4.78, 5) is 7.92. The molecule has 0 unspecified atom stereocenters. The highest BCUT2D eigenvalue weighted by Gasteiger charge is 2.11. The maximum Gasteiger partial charge on any atom is 0.161 e. The second-order valence-corrected chi connectivity index (χ2v) is 7.51. The summed E-state index contributed by atoms with van der Waals surface area (Å²) in [5.74, 6) is 1.69. The van der Waals surface area contributed by atoms with E-state index in [1.807, 2.05) is 42.5 Å². The first kappa shape index (κ1) is 21.2. The van der Waals surface area contributed by atoms with Gasteiger partial charge in [0.25, 0.3) is 0 Å². The first-order chi connectivity index (χ1) is 15.1. The molecule has 5 nitrogen and oxygen atoms in total. The monoisotopic (exact) mass is 439 g/mol. The van der Waals surface area contributed by atoms with E-state index in [1.165, 1.54) is 6.07 Å². The van der Waals surface area contributed by atoms with Gasteiger partial charge in [-0.25, -0.2) is 9.37 Å². The van der Waals surface area contributed by atoms with Crippen molar-refractivity contribution in [2.24, 2.45) is 0 Å². The van der Waals surface area contributed by atoms with Crippen molar-refractivity contribution in [3.05, 3.63) is 88.5 Å². The molecular formula is C24H23ClFN3O2. The Kier molecular flexibility index (Phi) is 6.70. The molecule has 4 rings (SSSR count). The lowest BCUT2D eigenvalue weighted by atomic mass is 10.2. The first-order valence-electron chi connectivity index (χ1n) is 10.0. The number of aromatic amines is 1. The van der Waals surface area contributed by atoms with Crippen molar-refractivity contribution in [2.75, 3.05) is 13.7 Å². The number of para-hydroxylation sites is 2. The number of hydrogen-bond acceptors (Lipinski definition) is 4. The van der Waals surface area contributed by atoms with Gasteiger partial charge in [0, 0.05) is 25.1 Å². The van der Waals surface area contributed by atoms with Crippen molar-refractivity contribution in [1.29, 1.82) is 0 Å². The van der Waals surface area contributed by atoms with Gasteiger partial charge in [0.1, 0.15) is 18.2 Å². The Morgan fingerprint density at radius 3 is 2.74 bits per heavy atom. The molecule has 4 aromatic rings. The minimum atomic E-state index is -0.392. The summed E-state index contributed by atoms with van der Waals surface area (Å²) in [5, 5.41) is 3.75. The predicted molar refractivity (Wildman–Crippen MR) is 120 cm³/mol. The molecule has 0 aliphatic rings. The Hall–Kier alpha value is -3.09. The van der Waals surface area contributed by atoms with E-state index in [1.54, 1.807) is 19.2 Å². The number of imidazole rings is 1. The van der Waals surface area contributed by atoms with Gasteiger partial charge in [0.2, 0.25) is 0 Å². The predicted octanol–water partition coefficient (Wildman–Crippen LogP) is 5.28. The third kappa shape index (κ3) is 5.16. The largest absolute Gasteiger partial charge is 0.493 e. The van der Waals surface area contributed by atoms with Crippen LogP contribution in [0.5, 0.6) is 11.5 Å². The van der Waals surface area contributed by atoms with Crippen molar-refractivity contribution in [3.63, 3.8) is 0 Å². The van der Waals surface area contributed by atoms with Crippen molar-refractivity contribution in [2.45, 2.75) is 19.6 Å². The zero-order valence-corrected chi connectivity index (χ0v) is 17.9. The second kappa shape index (κ2) is 9.81. The van der Waals surface area contributed by atoms with E-state index >= 15 is 0 Å². The highest BCUT2D eigenvalue weighted by molar-refractivity contribution is 6.31. The molecule has 7 heteroatoms. The SMILES string of the molecule is COc1cc(CNCCc2nc3ccccc3[nH]2)ccc1OCc1c(F)cccc1Cl. The lowest BCUT2D eigenvalue weighted by Crippen LogP contribution is -2.17. The number of fused-ring (bicyclic) bond motifs is 1. The van der Waals surface area contributed by atoms with Crippen LogP contribution in [0.4, 0.5) is 4.39 Å². The van der Waals surface area contributed by atoms with E-state index in [4.69, 9.17) is 21.1 Å². The number of H-pyrrole nitrogens is 1. The van der Waals surface area contributed by atoms with Crippen LogP contribution >= 0.6 is 11.6 Å². The number of halogens is 2. The molecule has 0 atom stereocenters. The van der Waals surface area contributed by atoms with Crippen molar-refractivity contribution < 1.29 is 13.9 Å². The zero-order chi connectivity index (χ0) is 21.6. The number of ether oxygens (including phenoxy) is 2. The Morgan fingerprint density at radius 1 is 1.06 bits per heavy atom. The molecule has 0 aliphatic heterocycles. The molecular weight excluding hydrogens is 417 g/mol. The summed E-state index contributed by atoms with van der Waals surface area (Å²) in [5.41, 5.74) is 3.41. The fourth-order valence-electron chi connectivity index (χ4n) is 3.32. The highest BCUT2D eigenvalue weighted by Crippen LogP contribution is 2.30. The van der Waals surface area contributed by atoms with Crippen LogP contribution in [0, 0.1) is 5.82 Å². The summed E-state index contributed by atoms with van der Waals surface area (Å²) in [6.07, 6.45) is 0.802. The van der Waals surface area contributed by atoms with Crippen LogP contribution < -0.4 is 14.8 Å². The Bertz CT molecular complexity index is 1130. The van der Waals surface area contributed by atoms with Crippen LogP contribution in [0.25, 0.3) is 11.0 Å². The standard InChI is InChI=1S/C24H23ClFN3O2/c1-30-23-13-16(9-10-22(23)31-15-17-18(25)5-4-6-19(17)26)14-27-12-11-24-28-20-7-2-3-8-21(20)29-24/h2-10,13,27H,11-12,14-15H2,1H3,(H,28,29). The van der Waals surface area contributed by atoms with Gasteiger partial charge in [0.05, 0.1) is 23.2 Å². The van der Waals surface area contributed by atoms with Crippen LogP contribution in [0.2, 0.25) is 5.02 Å². The van der Waals surface area contributed by atoms with Gasteiger partial charge in [-0.05, 0) is 42.0 Å². The molecule has 0 amide bonds. The average Bonchev–Trinajstić information content (AvgIpc) is 3.20. The average molecular weight is 440 g/mol. The van der Waals surface area contributed by atoms with Gasteiger partial charge in [-0.15, -0.1) is 0 Å². The number of aromatic nitrogens is 2. The van der Waals surface area contributed by atoms with Crippen LogP contribution in [0.15, 0.2) is 60.7 Å². The molecule has 0 bridgehead atoms. The van der Waals surface area contributed by atoms with Gasteiger partial charge in [0.15, 0.2) is 11.5 Å². The van der Waals surface area contributed by atoms with E-state index in [0.29, 0.717) is 28.6 Å². The molecule has 0 saturated heterocycles. The summed E-state index contributed by atoms with van der Waals surface area (Å²) < 4.78 is 25.2. The number of rotatable bonds is 9. The molecule has 2 N–H and O–H groups in total. The molecule has 31 heavy (non-hydrogen) atoms. The maximum atomic E-state index is 13.9. The summed E-state index contributed by atoms with van der Waals surface area (Å²) in [6, 6.07) is 18.3. The van der Waals surface area contributed by atoms with Gasteiger partial charge in [-0.1, -0.05) is 35.9 Å². The highest BCUT2D eigenvalue weighted by atomic mass is 35.5. The lowest BCUT2D eigenvalue weighted by molar-refractivity contribution is 0.279. The van der Waals surface area contributed by atoms with Crippen molar-refractivity contribution >= 4 is 22.6 Å². The molecule has 3 aromatic carbocycles. The lowest BCUT2D eigenvalue weighted by Gasteiger charge is -2.13. The molecule has 0 spiro atoms. The van der Waals surface area contributed by atoms with Crippen molar-refractivity contribution in [1.82, 2.24) is 15.3 Å². The van der Waals surface area contributed by atoms with Gasteiger partial charge < -0.3 is 19.8 Å². The third-order valence-corrected chi connectivity index (χ3v) is 5.32. The first-order valence-corrected chi connectivity index (χ1v) is 10.4. The van der Waals surface area contributed by atoms with Gasteiger partial charge in [-0.3, -0.25) is 0 Å². The third-order valence-electron chi connectivity index (χ3n) is 4.97. The minimum Gasteiger partial charge on any atom is -0.493 e. The molecule has 0 radical (unpaired) electrons. The van der Waals surface area contributed by atoms with Crippen LogP contribution in [0.1, 0.15) is 17.0 Å². The molecule has 0 saturated carbocycles. The fraction of sp³-hybridized carbons (Fsp3) is 0.208. The molecule has 160 valence electrons. The maximum absolute atomic E-state index is 13.9. The quantitative estimate of drug-likeness (QED) is 0.348. The van der Waals surface area contributed by atoms with E-state index in [-0.39, 0.29) is 6.61 Å². The Labute approximate surface area is 185 Å². The molecule has 1 heterocycles. The van der Waals surface area contributed by atoms with Crippen LogP contribution in [0.3, 0.4) is 0 Å². The van der Waals surface area contributed by atoms with Crippen LogP contribution in [-0.4, -0.2) is 23.6 Å². The number of nitrogens with zero attached hydrogens (tertiary/aromatic N) is 1. The Balaban J connectivity index is 1.32. The smallest absolute Gasteiger partial charge is 0.161 e. The van der Waals surface area contributed by atoms with E-state index in [9.17, 15) is 4.39 Å². The number of methoxy groups -OCH3 is 1. The molecule has 0 fully saturated rings. The zero-order valence-electron chi connectivity index (χ0n) is 17.1. The van der Waals surface area contributed by atoms with Gasteiger partial charge >= 0.3 is 0 Å². The number of benzene rings is 3. The van der Waals surface area contributed by atoms with E-state index in [0.717, 1.165) is 35.4 Å². The van der Waals surface area contributed by atoms with Crippen LogP contribution in [-0.2, 0) is 19.6 Å². The second-order valence-electron chi connectivity index (χ2n) is 7.10. The summed E-state index contributed by atoms with van der Waals surface area (Å²) >= 11 is 6.07. The summed E-state index contributed by atoms with van der Waals surface area (Å²) in [6.45, 7) is 1.49.